The molecule has 1 N–H and O–H groups in total. The van der Waals surface area contributed by atoms with Gasteiger partial charge in [-0.2, -0.15) is 0 Å². The molecule has 0 radical (unpaired) electrons. The van der Waals surface area contributed by atoms with E-state index in [1.807, 2.05) is 0 Å². The fourth-order valence-electron chi connectivity index (χ4n) is 6.90. The first-order valence-corrected chi connectivity index (χ1v) is 20.6. The third-order valence-electron chi connectivity index (χ3n) is 10.1. The Balaban J connectivity index is 1.28. The van der Waals surface area contributed by atoms with E-state index in [2.05, 4.69) is 92.8 Å². The molecule has 1 aliphatic carbocycles. The Kier molecular flexibility index (Phi) is 13.3. The van der Waals surface area contributed by atoms with Crippen LogP contribution in [0.4, 0.5) is 0 Å². The van der Waals surface area contributed by atoms with Crippen LogP contribution in [-0.2, 0) is 9.53 Å². The molecule has 1 saturated carbocycles. The number of unbranched alkanes of at least 4 members (excludes halogenated alkanes) is 2. The van der Waals surface area contributed by atoms with Gasteiger partial charge in [-0.1, -0.05) is 143 Å². The maximum Gasteiger partial charge on any atom is 0.305 e. The summed E-state index contributed by atoms with van der Waals surface area (Å²) in [6, 6.07) is 28.7. The maximum absolute atomic E-state index is 11.5. The van der Waals surface area contributed by atoms with Crippen molar-refractivity contribution in [3.63, 3.8) is 0 Å². The van der Waals surface area contributed by atoms with Crippen molar-refractivity contribution in [1.29, 1.82) is 0 Å². The minimum absolute atomic E-state index is 0.0310. The van der Waals surface area contributed by atoms with Crippen LogP contribution >= 0.6 is 0 Å². The molecule has 0 aliphatic heterocycles. The highest BCUT2D eigenvalue weighted by Gasteiger charge is 2.24. The molecular formula is C40H56O3Si. The summed E-state index contributed by atoms with van der Waals surface area (Å²) in [5, 5.41) is 11.2. The molecule has 0 saturated heterocycles. The second-order valence-electron chi connectivity index (χ2n) is 13.9. The molecule has 0 amide bonds. The van der Waals surface area contributed by atoms with Crippen LogP contribution in [0.15, 0.2) is 72.8 Å². The smallest absolute Gasteiger partial charge is 0.305 e. The van der Waals surface area contributed by atoms with Crippen molar-refractivity contribution in [3.8, 4) is 22.3 Å². The normalized spacial score (nSPS) is 17.8. The molecule has 3 aromatic carbocycles. The van der Waals surface area contributed by atoms with Gasteiger partial charge in [0.15, 0.2) is 0 Å². The maximum atomic E-state index is 11.5. The van der Waals surface area contributed by atoms with Gasteiger partial charge >= 0.3 is 5.97 Å². The van der Waals surface area contributed by atoms with Crippen molar-refractivity contribution in [2.45, 2.75) is 110 Å². The van der Waals surface area contributed by atoms with E-state index in [1.165, 1.54) is 84.4 Å². The number of aliphatic hydroxyl groups excluding tert-OH is 1. The third-order valence-corrected chi connectivity index (χ3v) is 13.6. The number of carbonyl (C=O) groups is 1. The first kappa shape index (κ1) is 34.2. The van der Waals surface area contributed by atoms with Gasteiger partial charge in [0.1, 0.15) is 0 Å². The molecule has 0 heterocycles. The van der Waals surface area contributed by atoms with Crippen LogP contribution in [-0.4, -0.2) is 32.4 Å². The van der Waals surface area contributed by atoms with Crippen LogP contribution < -0.4 is 5.19 Å². The zero-order valence-electron chi connectivity index (χ0n) is 27.8. The molecule has 1 atom stereocenters. The van der Waals surface area contributed by atoms with E-state index in [1.54, 1.807) is 6.92 Å². The average Bonchev–Trinajstić information content (AvgIpc) is 3.07. The van der Waals surface area contributed by atoms with Crippen molar-refractivity contribution in [2.24, 2.45) is 11.8 Å². The van der Waals surface area contributed by atoms with Gasteiger partial charge in [0.25, 0.3) is 0 Å². The summed E-state index contributed by atoms with van der Waals surface area (Å²) in [5.41, 5.74) is 6.59. The average molecular weight is 613 g/mol. The van der Waals surface area contributed by atoms with Crippen LogP contribution in [0, 0.1) is 11.8 Å². The number of hydrogen-bond acceptors (Lipinski definition) is 3. The Morgan fingerprint density at radius 3 is 1.86 bits per heavy atom. The Morgan fingerprint density at radius 2 is 1.34 bits per heavy atom. The number of aliphatic hydroxyl groups is 1. The molecular weight excluding hydrogens is 557 g/mol. The van der Waals surface area contributed by atoms with E-state index in [9.17, 15) is 9.90 Å². The molecule has 4 rings (SSSR count). The molecule has 1 aliphatic rings. The number of esters is 1. The molecule has 238 valence electrons. The standard InChI is InChI=1S/C40H56O3Si/c1-5-7-8-10-31-12-14-33(15-13-31)34-16-18-35(19-17-34)36-20-22-37(23-21-36)38-24-26-39(27-25-38)44(3,4)28-9-11-32(29-41)30-43-40(42)6-2/h16-27,31-33,41H,5-15,28-30H2,1-4H3. The van der Waals surface area contributed by atoms with Gasteiger partial charge in [0.2, 0.25) is 0 Å². The minimum Gasteiger partial charge on any atom is -0.465 e. The van der Waals surface area contributed by atoms with Crippen molar-refractivity contribution < 1.29 is 14.6 Å². The molecule has 4 heteroatoms. The first-order chi connectivity index (χ1) is 21.3. The quantitative estimate of drug-likeness (QED) is 0.0995. The molecule has 3 aromatic rings. The first-order valence-electron chi connectivity index (χ1n) is 17.4. The summed E-state index contributed by atoms with van der Waals surface area (Å²) in [4.78, 5) is 11.5. The van der Waals surface area contributed by atoms with Gasteiger partial charge < -0.3 is 9.84 Å². The fraction of sp³-hybridized carbons (Fsp3) is 0.525. The van der Waals surface area contributed by atoms with Gasteiger partial charge in [0, 0.05) is 18.9 Å². The molecule has 1 unspecified atom stereocenters. The van der Waals surface area contributed by atoms with Gasteiger partial charge in [0.05, 0.1) is 14.7 Å². The van der Waals surface area contributed by atoms with Gasteiger partial charge in [-0.15, -0.1) is 0 Å². The van der Waals surface area contributed by atoms with E-state index in [0.717, 1.165) is 30.7 Å². The van der Waals surface area contributed by atoms with Crippen molar-refractivity contribution in [2.75, 3.05) is 13.2 Å². The van der Waals surface area contributed by atoms with Crippen LogP contribution in [0.3, 0.4) is 0 Å². The summed E-state index contributed by atoms with van der Waals surface area (Å²) < 4.78 is 5.25. The highest BCUT2D eigenvalue weighted by atomic mass is 28.3. The van der Waals surface area contributed by atoms with Gasteiger partial charge in [-0.05, 0) is 71.8 Å². The minimum atomic E-state index is -1.61. The number of rotatable bonds is 16. The summed E-state index contributed by atoms with van der Waals surface area (Å²) in [6.07, 6.45) is 13.4. The Labute approximate surface area is 268 Å². The summed E-state index contributed by atoms with van der Waals surface area (Å²) >= 11 is 0. The molecule has 0 bridgehead atoms. The van der Waals surface area contributed by atoms with Crippen LogP contribution in [0.25, 0.3) is 22.3 Å². The highest BCUT2D eigenvalue weighted by molar-refractivity contribution is 6.89. The topological polar surface area (TPSA) is 46.5 Å². The van der Waals surface area contributed by atoms with Crippen LogP contribution in [0.5, 0.6) is 0 Å². The van der Waals surface area contributed by atoms with Crippen molar-refractivity contribution >= 4 is 19.2 Å². The lowest BCUT2D eigenvalue weighted by molar-refractivity contribution is -0.145. The molecule has 0 spiro atoms. The lowest BCUT2D eigenvalue weighted by Gasteiger charge is -2.29. The van der Waals surface area contributed by atoms with Crippen molar-refractivity contribution in [3.05, 3.63) is 78.4 Å². The van der Waals surface area contributed by atoms with Crippen LogP contribution in [0.1, 0.15) is 96.0 Å². The largest absolute Gasteiger partial charge is 0.465 e. The number of hydrogen-bond donors (Lipinski definition) is 1. The lowest BCUT2D eigenvalue weighted by atomic mass is 9.77. The SMILES string of the molecule is CCCCCC1CCC(c2ccc(-c3ccc(-c4ccc([Si](C)(C)CCCC(CO)COC(=O)CC)cc4)cc3)cc2)CC1. The predicted molar refractivity (Wildman–Crippen MR) is 189 cm³/mol. The van der Waals surface area contributed by atoms with Crippen molar-refractivity contribution in [1.82, 2.24) is 0 Å². The molecule has 0 aromatic heterocycles. The molecule has 1 fully saturated rings. The Bertz CT molecular complexity index is 1260. The van der Waals surface area contributed by atoms with Gasteiger partial charge in [-0.3, -0.25) is 4.79 Å². The molecule has 44 heavy (non-hydrogen) atoms. The van der Waals surface area contributed by atoms with Crippen LogP contribution in [0.2, 0.25) is 19.1 Å². The predicted octanol–water partition coefficient (Wildman–Crippen LogP) is 10.1. The number of benzene rings is 3. The summed E-state index contributed by atoms with van der Waals surface area (Å²) in [5.74, 6) is 1.53. The monoisotopic (exact) mass is 612 g/mol. The Morgan fingerprint density at radius 1 is 0.795 bits per heavy atom. The van der Waals surface area contributed by atoms with E-state index >= 15 is 0 Å². The lowest BCUT2D eigenvalue weighted by Crippen LogP contribution is -2.41. The summed E-state index contributed by atoms with van der Waals surface area (Å²) in [7, 11) is -1.61. The zero-order valence-corrected chi connectivity index (χ0v) is 28.8. The van der Waals surface area contributed by atoms with E-state index < -0.39 is 8.07 Å². The van der Waals surface area contributed by atoms with E-state index in [0.29, 0.717) is 13.0 Å². The molecule has 3 nitrogen and oxygen atoms in total. The summed E-state index contributed by atoms with van der Waals surface area (Å²) in [6.45, 7) is 9.33. The second kappa shape index (κ2) is 17.1. The van der Waals surface area contributed by atoms with E-state index in [4.69, 9.17) is 4.74 Å². The number of ether oxygens (including phenoxy) is 1. The van der Waals surface area contributed by atoms with E-state index in [-0.39, 0.29) is 18.5 Å². The fourth-order valence-corrected chi connectivity index (χ4v) is 9.35. The second-order valence-corrected chi connectivity index (χ2v) is 18.7. The highest BCUT2D eigenvalue weighted by Crippen LogP contribution is 2.38. The zero-order chi connectivity index (χ0) is 31.4. The number of carbonyl (C=O) groups excluding carboxylic acids is 1. The third kappa shape index (κ3) is 9.91. The van der Waals surface area contributed by atoms with Gasteiger partial charge in [-0.25, -0.2) is 0 Å². The Hall–Kier alpha value is -2.69.